The van der Waals surface area contributed by atoms with Crippen LogP contribution in [0.1, 0.15) is 50.5 Å². The molecular weight excluding hydrogens is 266 g/mol. The molecule has 3 heteroatoms. The smallest absolute Gasteiger partial charge is 0.0693 e. The summed E-state index contributed by atoms with van der Waals surface area (Å²) in [4.78, 5) is 1.24. The van der Waals surface area contributed by atoms with Crippen LogP contribution < -0.4 is 5.73 Å². The van der Waals surface area contributed by atoms with Crippen molar-refractivity contribution in [2.24, 2.45) is 0 Å². The van der Waals surface area contributed by atoms with Gasteiger partial charge in [-0.2, -0.15) is 0 Å². The highest BCUT2D eigenvalue weighted by Gasteiger charge is 2.38. The van der Waals surface area contributed by atoms with E-state index in [1.807, 2.05) is 11.8 Å². The Hall–Kier alpha value is -0.670. The number of hydrogen-bond acceptors (Lipinski definition) is 3. The summed E-state index contributed by atoms with van der Waals surface area (Å²) in [5, 5.41) is 0.659. The van der Waals surface area contributed by atoms with Crippen LogP contribution in [0.4, 0.5) is 5.69 Å². The second-order valence-electron chi connectivity index (χ2n) is 6.37. The van der Waals surface area contributed by atoms with Gasteiger partial charge < -0.3 is 10.5 Å². The van der Waals surface area contributed by atoms with Crippen LogP contribution in [0.15, 0.2) is 23.1 Å². The molecule has 2 fully saturated rings. The number of anilines is 1. The molecular formula is C17H25NOS. The van der Waals surface area contributed by atoms with Crippen molar-refractivity contribution in [2.75, 3.05) is 12.3 Å². The molecule has 20 heavy (non-hydrogen) atoms. The topological polar surface area (TPSA) is 35.2 Å². The van der Waals surface area contributed by atoms with Crippen molar-refractivity contribution in [2.45, 2.75) is 67.6 Å². The third-order valence-electron chi connectivity index (χ3n) is 4.67. The van der Waals surface area contributed by atoms with E-state index in [0.29, 0.717) is 5.25 Å². The molecule has 3 rings (SSSR count). The summed E-state index contributed by atoms with van der Waals surface area (Å²) in [5.41, 5.74) is 8.51. The summed E-state index contributed by atoms with van der Waals surface area (Å²) in [6, 6.07) is 6.42. The molecule has 0 aromatic heterocycles. The molecule has 1 atom stereocenters. The lowest BCUT2D eigenvalue weighted by Gasteiger charge is -2.43. The second-order valence-corrected chi connectivity index (χ2v) is 7.71. The predicted octanol–water partition coefficient (Wildman–Crippen LogP) is 4.55. The number of aryl methyl sites for hydroxylation is 1. The van der Waals surface area contributed by atoms with Gasteiger partial charge in [0, 0.05) is 22.4 Å². The highest BCUT2D eigenvalue weighted by Crippen LogP contribution is 2.44. The molecule has 1 aromatic carbocycles. The van der Waals surface area contributed by atoms with Gasteiger partial charge in [0.15, 0.2) is 0 Å². The molecule has 0 radical (unpaired) electrons. The minimum atomic E-state index is 0.188. The molecule has 110 valence electrons. The van der Waals surface area contributed by atoms with Crippen LogP contribution in [0.3, 0.4) is 0 Å². The van der Waals surface area contributed by atoms with Crippen molar-refractivity contribution >= 4 is 17.4 Å². The van der Waals surface area contributed by atoms with Gasteiger partial charge in [-0.15, -0.1) is 11.8 Å². The lowest BCUT2D eigenvalue weighted by atomic mass is 9.80. The molecule has 0 amide bonds. The van der Waals surface area contributed by atoms with Crippen molar-refractivity contribution in [1.82, 2.24) is 0 Å². The Morgan fingerprint density at radius 2 is 2.05 bits per heavy atom. The summed E-state index contributed by atoms with van der Waals surface area (Å²) in [7, 11) is 0. The van der Waals surface area contributed by atoms with E-state index in [2.05, 4.69) is 25.1 Å². The Bertz CT molecular complexity index is 463. The first kappa shape index (κ1) is 14.3. The fourth-order valence-electron chi connectivity index (χ4n) is 3.58. The maximum atomic E-state index is 6.18. The molecule has 1 aliphatic heterocycles. The van der Waals surface area contributed by atoms with Gasteiger partial charge in [-0.3, -0.25) is 0 Å². The summed E-state index contributed by atoms with van der Waals surface area (Å²) in [5.74, 6) is 0. The number of rotatable bonds is 2. The lowest BCUT2D eigenvalue weighted by molar-refractivity contribution is -0.0970. The number of thioether (sulfide) groups is 1. The van der Waals surface area contributed by atoms with Crippen LogP contribution in [0.5, 0.6) is 0 Å². The Morgan fingerprint density at radius 1 is 1.25 bits per heavy atom. The van der Waals surface area contributed by atoms with Crippen molar-refractivity contribution < 1.29 is 4.74 Å². The summed E-state index contributed by atoms with van der Waals surface area (Å²) in [6.45, 7) is 3.01. The normalized spacial score (nSPS) is 25.8. The van der Waals surface area contributed by atoms with E-state index < -0.39 is 0 Å². The molecule has 1 aromatic rings. The second kappa shape index (κ2) is 5.98. The highest BCUT2D eigenvalue weighted by molar-refractivity contribution is 8.00. The number of benzene rings is 1. The van der Waals surface area contributed by atoms with Crippen molar-refractivity contribution in [1.29, 1.82) is 0 Å². The maximum absolute atomic E-state index is 6.18. The standard InChI is InChI=1S/C17H25NOS/c1-13-5-6-16(15(18)11-13)20-14-7-10-19-17(12-14)8-3-2-4-9-17/h5-6,11,14H,2-4,7-10,12,18H2,1H3. The summed E-state index contributed by atoms with van der Waals surface area (Å²) >= 11 is 1.96. The molecule has 1 unspecified atom stereocenters. The van der Waals surface area contributed by atoms with Crippen LogP contribution in [0.2, 0.25) is 0 Å². The molecule has 2 nitrogen and oxygen atoms in total. The van der Waals surface area contributed by atoms with E-state index >= 15 is 0 Å². The minimum absolute atomic E-state index is 0.188. The number of nitrogen functional groups attached to an aromatic ring is 1. The number of hydrogen-bond donors (Lipinski definition) is 1. The van der Waals surface area contributed by atoms with Gasteiger partial charge in [-0.05, 0) is 50.3 Å². The van der Waals surface area contributed by atoms with E-state index in [4.69, 9.17) is 10.5 Å². The largest absolute Gasteiger partial charge is 0.398 e. The fourth-order valence-corrected chi connectivity index (χ4v) is 4.88. The van der Waals surface area contributed by atoms with Gasteiger partial charge in [-0.25, -0.2) is 0 Å². The van der Waals surface area contributed by atoms with Gasteiger partial charge in [0.25, 0.3) is 0 Å². The van der Waals surface area contributed by atoms with Gasteiger partial charge in [0.2, 0.25) is 0 Å². The van der Waals surface area contributed by atoms with Crippen molar-refractivity contribution in [3.63, 3.8) is 0 Å². The molecule has 2 aliphatic rings. The predicted molar refractivity (Wildman–Crippen MR) is 86.2 cm³/mol. The molecule has 1 aliphatic carbocycles. The zero-order chi connectivity index (χ0) is 14.0. The Morgan fingerprint density at radius 3 is 2.80 bits per heavy atom. The number of ether oxygens (including phenoxy) is 1. The quantitative estimate of drug-likeness (QED) is 0.812. The molecule has 2 N–H and O–H groups in total. The molecule has 1 heterocycles. The maximum Gasteiger partial charge on any atom is 0.0693 e. The molecule has 0 bridgehead atoms. The average molecular weight is 291 g/mol. The van der Waals surface area contributed by atoms with E-state index in [1.54, 1.807) is 0 Å². The van der Waals surface area contributed by atoms with Crippen LogP contribution in [-0.4, -0.2) is 17.5 Å². The summed E-state index contributed by atoms with van der Waals surface area (Å²) in [6.07, 6.45) is 8.92. The lowest BCUT2D eigenvalue weighted by Crippen LogP contribution is -2.42. The van der Waals surface area contributed by atoms with E-state index in [9.17, 15) is 0 Å². The van der Waals surface area contributed by atoms with Crippen LogP contribution in [-0.2, 0) is 4.74 Å². The third kappa shape index (κ3) is 3.15. The van der Waals surface area contributed by atoms with Crippen LogP contribution in [0, 0.1) is 6.92 Å². The zero-order valence-corrected chi connectivity index (χ0v) is 13.2. The first-order valence-corrected chi connectivity index (χ1v) is 8.72. The average Bonchev–Trinajstić information content (AvgIpc) is 2.43. The fraction of sp³-hybridized carbons (Fsp3) is 0.647. The first-order valence-electron chi connectivity index (χ1n) is 7.84. The molecule has 1 saturated carbocycles. The van der Waals surface area contributed by atoms with E-state index in [1.165, 1.54) is 49.0 Å². The van der Waals surface area contributed by atoms with Gasteiger partial charge >= 0.3 is 0 Å². The summed E-state index contributed by atoms with van der Waals surface area (Å²) < 4.78 is 6.18. The molecule has 1 saturated heterocycles. The SMILES string of the molecule is Cc1ccc(SC2CCOC3(CCCCC3)C2)c(N)c1. The van der Waals surface area contributed by atoms with Gasteiger partial charge in [0.1, 0.15) is 0 Å². The first-order chi connectivity index (χ1) is 9.67. The number of nitrogens with two attached hydrogens (primary N) is 1. The minimum Gasteiger partial charge on any atom is -0.398 e. The third-order valence-corrected chi connectivity index (χ3v) is 6.03. The Labute approximate surface area is 126 Å². The van der Waals surface area contributed by atoms with Crippen molar-refractivity contribution in [3.05, 3.63) is 23.8 Å². The highest BCUT2D eigenvalue weighted by atomic mass is 32.2. The van der Waals surface area contributed by atoms with E-state index in [-0.39, 0.29) is 5.60 Å². The van der Waals surface area contributed by atoms with Crippen LogP contribution in [0.25, 0.3) is 0 Å². The Balaban J connectivity index is 1.68. The van der Waals surface area contributed by atoms with Gasteiger partial charge in [0.05, 0.1) is 5.60 Å². The molecule has 1 spiro atoms. The monoisotopic (exact) mass is 291 g/mol. The van der Waals surface area contributed by atoms with Gasteiger partial charge in [-0.1, -0.05) is 25.3 Å². The van der Waals surface area contributed by atoms with Crippen molar-refractivity contribution in [3.8, 4) is 0 Å². The Kier molecular flexibility index (Phi) is 4.27. The van der Waals surface area contributed by atoms with E-state index in [0.717, 1.165) is 18.7 Å². The van der Waals surface area contributed by atoms with Crippen LogP contribution >= 0.6 is 11.8 Å². The zero-order valence-electron chi connectivity index (χ0n) is 12.4.